The van der Waals surface area contributed by atoms with E-state index >= 15 is 0 Å². The number of hydrogen-bond donors (Lipinski definition) is 1. The second kappa shape index (κ2) is 4.86. The van der Waals surface area contributed by atoms with Crippen LogP contribution in [0.4, 0.5) is 24.8 Å². The Morgan fingerprint density at radius 1 is 1.37 bits per heavy atom. The first-order chi connectivity index (χ1) is 8.79. The molecular weight excluding hydrogens is 257 g/mol. The zero-order chi connectivity index (χ0) is 14.2. The van der Waals surface area contributed by atoms with Crippen LogP contribution >= 0.6 is 0 Å². The van der Waals surface area contributed by atoms with Crippen LogP contribution in [0.2, 0.25) is 0 Å². The molecule has 0 bridgehead atoms. The van der Waals surface area contributed by atoms with Crippen LogP contribution in [0.5, 0.6) is 0 Å². The summed E-state index contributed by atoms with van der Waals surface area (Å²) in [7, 11) is 0. The van der Waals surface area contributed by atoms with E-state index < -0.39 is 12.0 Å². The molecule has 0 aliphatic carbocycles. The van der Waals surface area contributed by atoms with Crippen molar-refractivity contribution >= 4 is 11.6 Å². The molecule has 1 fully saturated rings. The number of nitrogens with zero attached hydrogens (tertiary/aromatic N) is 3. The smallest absolute Gasteiger partial charge is 0.384 e. The van der Waals surface area contributed by atoms with Gasteiger partial charge in [0.25, 0.3) is 0 Å². The molecule has 1 saturated heterocycles. The Hall–Kier alpha value is -1.53. The fourth-order valence-corrected chi connectivity index (χ4v) is 2.50. The predicted molar refractivity (Wildman–Crippen MR) is 66.7 cm³/mol. The van der Waals surface area contributed by atoms with Crippen LogP contribution in [0.15, 0.2) is 6.07 Å². The van der Waals surface area contributed by atoms with Gasteiger partial charge in [-0.2, -0.15) is 13.2 Å². The lowest BCUT2D eigenvalue weighted by Crippen LogP contribution is -2.34. The van der Waals surface area contributed by atoms with Crippen LogP contribution < -0.4 is 10.6 Å². The number of nitrogens with two attached hydrogens (primary N) is 1. The fourth-order valence-electron chi connectivity index (χ4n) is 2.50. The summed E-state index contributed by atoms with van der Waals surface area (Å²) < 4.78 is 38.1. The largest absolute Gasteiger partial charge is 0.451 e. The van der Waals surface area contributed by atoms with Crippen molar-refractivity contribution in [3.05, 3.63) is 11.9 Å². The normalized spacial score (nSPS) is 20.3. The van der Waals surface area contributed by atoms with Crippen LogP contribution in [0.25, 0.3) is 0 Å². The molecule has 0 saturated carbocycles. The van der Waals surface area contributed by atoms with Gasteiger partial charge in [-0.25, -0.2) is 9.97 Å². The lowest BCUT2D eigenvalue weighted by atomic mass is 10.0. The molecule has 2 rings (SSSR count). The van der Waals surface area contributed by atoms with Gasteiger partial charge in [0.2, 0.25) is 5.82 Å². The molecule has 1 aromatic rings. The van der Waals surface area contributed by atoms with Gasteiger partial charge < -0.3 is 10.6 Å². The van der Waals surface area contributed by atoms with Crippen LogP contribution in [-0.4, -0.2) is 22.6 Å². The van der Waals surface area contributed by atoms with Crippen LogP contribution in [-0.2, 0) is 6.18 Å². The van der Waals surface area contributed by atoms with Crippen molar-refractivity contribution in [1.82, 2.24) is 9.97 Å². The molecule has 1 aromatic heterocycles. The van der Waals surface area contributed by atoms with E-state index in [2.05, 4.69) is 23.8 Å². The van der Waals surface area contributed by atoms with Crippen LogP contribution in [0.3, 0.4) is 0 Å². The number of alkyl halides is 3. The van der Waals surface area contributed by atoms with Crippen LogP contribution in [0, 0.1) is 5.92 Å². The minimum atomic E-state index is -4.57. The monoisotopic (exact) mass is 274 g/mol. The maximum atomic E-state index is 12.7. The molecule has 1 atom stereocenters. The second-order valence-electron chi connectivity index (χ2n) is 5.12. The minimum Gasteiger partial charge on any atom is -0.384 e. The van der Waals surface area contributed by atoms with E-state index in [1.54, 1.807) is 0 Å². The fraction of sp³-hybridized carbons (Fsp3) is 0.667. The Balaban J connectivity index is 2.37. The molecule has 2 N–H and O–H groups in total. The van der Waals surface area contributed by atoms with Crippen molar-refractivity contribution in [1.29, 1.82) is 0 Å². The number of rotatable bonds is 2. The third kappa shape index (κ3) is 2.90. The quantitative estimate of drug-likeness (QED) is 0.901. The summed E-state index contributed by atoms with van der Waals surface area (Å²) in [6.07, 6.45) is -2.66. The summed E-state index contributed by atoms with van der Waals surface area (Å²) in [6, 6.07) is 1.62. The summed E-state index contributed by atoms with van der Waals surface area (Å²) in [5, 5.41) is 0. The van der Waals surface area contributed by atoms with Gasteiger partial charge in [-0.3, -0.25) is 0 Å². The Morgan fingerprint density at radius 3 is 2.63 bits per heavy atom. The first-order valence-corrected chi connectivity index (χ1v) is 6.27. The lowest BCUT2D eigenvalue weighted by molar-refractivity contribution is -0.144. The van der Waals surface area contributed by atoms with Crippen molar-refractivity contribution in [2.45, 2.75) is 38.9 Å². The maximum absolute atomic E-state index is 12.7. The summed E-state index contributed by atoms with van der Waals surface area (Å²) >= 11 is 0. The molecular formula is C12H17F3N4. The van der Waals surface area contributed by atoms with Crippen molar-refractivity contribution in [2.24, 2.45) is 5.92 Å². The Bertz CT molecular complexity index is 459. The third-order valence-electron chi connectivity index (χ3n) is 3.35. The molecule has 106 valence electrons. The molecule has 1 unspecified atom stereocenters. The SMILES string of the molecule is CC(C)C1CCCN1c1cc(N)nc(C(F)(F)F)n1. The van der Waals surface area contributed by atoms with Crippen molar-refractivity contribution < 1.29 is 13.2 Å². The summed E-state index contributed by atoms with van der Waals surface area (Å²) in [5.41, 5.74) is 5.47. The molecule has 1 aliphatic rings. The molecule has 2 heterocycles. The summed E-state index contributed by atoms with van der Waals surface area (Å²) in [4.78, 5) is 8.79. The molecule has 4 nitrogen and oxygen atoms in total. The van der Waals surface area contributed by atoms with E-state index in [1.165, 1.54) is 6.07 Å². The highest BCUT2D eigenvalue weighted by Crippen LogP contribution is 2.32. The first kappa shape index (κ1) is 13.9. The van der Waals surface area contributed by atoms with Crippen molar-refractivity contribution in [3.8, 4) is 0 Å². The standard InChI is InChI=1S/C12H17F3N4/c1-7(2)8-4-3-5-19(8)10-6-9(16)17-11(18-10)12(13,14)15/h6-8H,3-5H2,1-2H3,(H2,16,17,18). The van der Waals surface area contributed by atoms with Crippen molar-refractivity contribution in [3.63, 3.8) is 0 Å². The predicted octanol–water partition coefficient (Wildman–Crippen LogP) is 2.70. The molecule has 19 heavy (non-hydrogen) atoms. The average Bonchev–Trinajstić information content (AvgIpc) is 2.75. The van der Waals surface area contributed by atoms with E-state index in [9.17, 15) is 13.2 Å². The summed E-state index contributed by atoms with van der Waals surface area (Å²) in [5.74, 6) is -0.687. The number of halogens is 3. The van der Waals surface area contributed by atoms with Gasteiger partial charge in [0.15, 0.2) is 0 Å². The van der Waals surface area contributed by atoms with Gasteiger partial charge in [0, 0.05) is 18.7 Å². The van der Waals surface area contributed by atoms with E-state index in [0.29, 0.717) is 12.5 Å². The molecule has 7 heteroatoms. The summed E-state index contributed by atoms with van der Waals surface area (Å²) in [6.45, 7) is 4.81. The molecule has 1 aliphatic heterocycles. The zero-order valence-electron chi connectivity index (χ0n) is 10.9. The van der Waals surface area contributed by atoms with Gasteiger partial charge in [-0.15, -0.1) is 0 Å². The Labute approximate surface area is 109 Å². The van der Waals surface area contributed by atoms with Gasteiger partial charge in [0.1, 0.15) is 11.6 Å². The Morgan fingerprint density at radius 2 is 2.05 bits per heavy atom. The number of aromatic nitrogens is 2. The van der Waals surface area contributed by atoms with E-state index in [-0.39, 0.29) is 17.7 Å². The zero-order valence-corrected chi connectivity index (χ0v) is 10.9. The lowest BCUT2D eigenvalue weighted by Gasteiger charge is -2.29. The average molecular weight is 274 g/mol. The number of hydrogen-bond acceptors (Lipinski definition) is 4. The molecule has 0 aromatic carbocycles. The van der Waals surface area contributed by atoms with Gasteiger partial charge in [-0.05, 0) is 18.8 Å². The maximum Gasteiger partial charge on any atom is 0.451 e. The van der Waals surface area contributed by atoms with Gasteiger partial charge in [-0.1, -0.05) is 13.8 Å². The topological polar surface area (TPSA) is 55.0 Å². The molecule has 0 amide bonds. The molecule has 0 radical (unpaired) electrons. The number of nitrogen functional groups attached to an aromatic ring is 1. The highest BCUT2D eigenvalue weighted by Gasteiger charge is 2.37. The number of anilines is 2. The molecule has 0 spiro atoms. The second-order valence-corrected chi connectivity index (χ2v) is 5.12. The van der Waals surface area contributed by atoms with Crippen molar-refractivity contribution in [2.75, 3.05) is 17.2 Å². The Kier molecular flexibility index (Phi) is 3.56. The highest BCUT2D eigenvalue weighted by atomic mass is 19.4. The van der Waals surface area contributed by atoms with Gasteiger partial charge in [0.05, 0.1) is 0 Å². The van der Waals surface area contributed by atoms with E-state index in [1.807, 2.05) is 4.90 Å². The van der Waals surface area contributed by atoms with Crippen LogP contribution in [0.1, 0.15) is 32.5 Å². The third-order valence-corrected chi connectivity index (χ3v) is 3.35. The van der Waals surface area contributed by atoms with Gasteiger partial charge >= 0.3 is 6.18 Å². The van der Waals surface area contributed by atoms with E-state index in [4.69, 9.17) is 5.73 Å². The highest BCUT2D eigenvalue weighted by molar-refractivity contribution is 5.49. The first-order valence-electron chi connectivity index (χ1n) is 6.27. The minimum absolute atomic E-state index is 0.147. The van der Waals surface area contributed by atoms with E-state index in [0.717, 1.165) is 12.8 Å².